The second kappa shape index (κ2) is 5.33. The van der Waals surface area contributed by atoms with E-state index in [-0.39, 0.29) is 17.5 Å². The summed E-state index contributed by atoms with van der Waals surface area (Å²) in [6, 6.07) is 4.14. The second-order valence-corrected chi connectivity index (χ2v) is 4.20. The first kappa shape index (κ1) is 12.1. The van der Waals surface area contributed by atoms with E-state index in [1.54, 1.807) is 6.07 Å². The molecule has 1 atom stereocenters. The van der Waals surface area contributed by atoms with E-state index in [1.807, 2.05) is 4.90 Å². The Morgan fingerprint density at radius 2 is 1.94 bits per heavy atom. The molecule has 4 nitrogen and oxygen atoms in total. The van der Waals surface area contributed by atoms with Gasteiger partial charge in [0.25, 0.3) is 0 Å². The van der Waals surface area contributed by atoms with Crippen molar-refractivity contribution in [1.29, 1.82) is 0 Å². The van der Waals surface area contributed by atoms with Gasteiger partial charge in [0.05, 0.1) is 6.04 Å². The highest BCUT2D eigenvalue weighted by Crippen LogP contribution is 2.30. The molecule has 0 aliphatic carbocycles. The molecule has 1 aromatic carbocycles. The monoisotopic (exact) mass is 240 g/mol. The standard InChI is InChI=1S/C12H17FN2O2/c13-8-10(15-5-3-14-4-6-15)9-1-2-11(16)12(17)7-9/h1-2,7,10,14,16-17H,3-6,8H2/t10-/m1/s1. The molecule has 1 aliphatic heterocycles. The summed E-state index contributed by atoms with van der Waals surface area (Å²) in [7, 11) is 0. The van der Waals surface area contributed by atoms with Crippen LogP contribution in [0.5, 0.6) is 11.5 Å². The topological polar surface area (TPSA) is 55.7 Å². The summed E-state index contributed by atoms with van der Waals surface area (Å²) in [6.45, 7) is 2.78. The van der Waals surface area contributed by atoms with Gasteiger partial charge in [-0.15, -0.1) is 0 Å². The van der Waals surface area contributed by atoms with Crippen molar-refractivity contribution in [2.45, 2.75) is 6.04 Å². The van der Waals surface area contributed by atoms with Gasteiger partial charge in [0.15, 0.2) is 11.5 Å². The lowest BCUT2D eigenvalue weighted by Crippen LogP contribution is -2.45. The number of alkyl halides is 1. The molecule has 1 aromatic rings. The van der Waals surface area contributed by atoms with E-state index < -0.39 is 6.67 Å². The van der Waals surface area contributed by atoms with Crippen molar-refractivity contribution < 1.29 is 14.6 Å². The van der Waals surface area contributed by atoms with Crippen LogP contribution in [-0.4, -0.2) is 48.0 Å². The molecule has 0 radical (unpaired) electrons. The third-order valence-electron chi connectivity index (χ3n) is 3.12. The molecule has 1 heterocycles. The number of phenols is 2. The van der Waals surface area contributed by atoms with Crippen molar-refractivity contribution >= 4 is 0 Å². The summed E-state index contributed by atoms with van der Waals surface area (Å²) < 4.78 is 13.2. The van der Waals surface area contributed by atoms with Crippen LogP contribution in [0.1, 0.15) is 11.6 Å². The van der Waals surface area contributed by atoms with Crippen LogP contribution in [0.15, 0.2) is 18.2 Å². The molecule has 3 N–H and O–H groups in total. The molecule has 0 bridgehead atoms. The van der Waals surface area contributed by atoms with E-state index in [0.717, 1.165) is 26.2 Å². The van der Waals surface area contributed by atoms with E-state index in [4.69, 9.17) is 0 Å². The lowest BCUT2D eigenvalue weighted by atomic mass is 10.0. The minimum Gasteiger partial charge on any atom is -0.504 e. The lowest BCUT2D eigenvalue weighted by Gasteiger charge is -2.33. The van der Waals surface area contributed by atoms with Gasteiger partial charge in [0, 0.05) is 26.2 Å². The van der Waals surface area contributed by atoms with Gasteiger partial charge in [-0.1, -0.05) is 6.07 Å². The first-order chi connectivity index (χ1) is 8.22. The molecular weight excluding hydrogens is 223 g/mol. The Labute approximate surface area is 99.7 Å². The quantitative estimate of drug-likeness (QED) is 0.690. The minimum absolute atomic E-state index is 0.174. The molecule has 0 aromatic heterocycles. The van der Waals surface area contributed by atoms with Crippen LogP contribution in [0, 0.1) is 0 Å². The first-order valence-electron chi connectivity index (χ1n) is 5.75. The van der Waals surface area contributed by atoms with E-state index in [1.165, 1.54) is 12.1 Å². The number of rotatable bonds is 3. The van der Waals surface area contributed by atoms with Gasteiger partial charge in [-0.2, -0.15) is 0 Å². The van der Waals surface area contributed by atoms with Gasteiger partial charge in [0.1, 0.15) is 6.67 Å². The normalized spacial score (nSPS) is 19.1. The summed E-state index contributed by atoms with van der Waals surface area (Å²) >= 11 is 0. The van der Waals surface area contributed by atoms with Crippen molar-refractivity contribution in [3.8, 4) is 11.5 Å². The Balaban J connectivity index is 2.18. The fourth-order valence-electron chi connectivity index (χ4n) is 2.14. The average Bonchev–Trinajstić information content (AvgIpc) is 2.36. The number of hydrogen-bond acceptors (Lipinski definition) is 4. The molecule has 0 amide bonds. The van der Waals surface area contributed by atoms with Gasteiger partial charge >= 0.3 is 0 Å². The molecule has 0 saturated carbocycles. The van der Waals surface area contributed by atoms with E-state index >= 15 is 0 Å². The van der Waals surface area contributed by atoms with Crippen LogP contribution in [0.4, 0.5) is 4.39 Å². The minimum atomic E-state index is -0.496. The molecule has 1 fully saturated rings. The predicted molar refractivity (Wildman–Crippen MR) is 62.9 cm³/mol. The summed E-state index contributed by atoms with van der Waals surface area (Å²) in [4.78, 5) is 2.04. The number of hydrogen-bond donors (Lipinski definition) is 3. The third-order valence-corrected chi connectivity index (χ3v) is 3.12. The van der Waals surface area contributed by atoms with E-state index in [0.29, 0.717) is 5.56 Å². The lowest BCUT2D eigenvalue weighted by molar-refractivity contribution is 0.147. The van der Waals surface area contributed by atoms with Crippen LogP contribution in [0.2, 0.25) is 0 Å². The van der Waals surface area contributed by atoms with Gasteiger partial charge in [0.2, 0.25) is 0 Å². The molecule has 5 heteroatoms. The Morgan fingerprint density at radius 1 is 1.24 bits per heavy atom. The van der Waals surface area contributed by atoms with Gasteiger partial charge in [-0.05, 0) is 17.7 Å². The Morgan fingerprint density at radius 3 is 2.53 bits per heavy atom. The van der Waals surface area contributed by atoms with Gasteiger partial charge in [-0.3, -0.25) is 4.90 Å². The maximum atomic E-state index is 13.2. The van der Waals surface area contributed by atoms with Gasteiger partial charge < -0.3 is 15.5 Å². The molecule has 94 valence electrons. The zero-order chi connectivity index (χ0) is 12.3. The second-order valence-electron chi connectivity index (χ2n) is 4.20. The highest BCUT2D eigenvalue weighted by Gasteiger charge is 2.22. The summed E-state index contributed by atoms with van der Waals surface area (Å²) in [6.07, 6.45) is 0. The smallest absolute Gasteiger partial charge is 0.157 e. The van der Waals surface area contributed by atoms with Crippen molar-refractivity contribution in [3.63, 3.8) is 0 Å². The third kappa shape index (κ3) is 2.68. The van der Waals surface area contributed by atoms with Crippen LogP contribution < -0.4 is 5.32 Å². The number of nitrogens with zero attached hydrogens (tertiary/aromatic N) is 1. The number of halogens is 1. The van der Waals surface area contributed by atoms with Crippen molar-refractivity contribution in [2.75, 3.05) is 32.9 Å². The molecule has 0 unspecified atom stereocenters. The summed E-state index contributed by atoms with van der Waals surface area (Å²) in [5, 5.41) is 21.9. The predicted octanol–water partition coefficient (Wildman–Crippen LogP) is 1.01. The zero-order valence-electron chi connectivity index (χ0n) is 9.56. The molecule has 1 aliphatic rings. The number of nitrogens with one attached hydrogen (secondary N) is 1. The van der Waals surface area contributed by atoms with Crippen LogP contribution in [0.3, 0.4) is 0 Å². The fraction of sp³-hybridized carbons (Fsp3) is 0.500. The zero-order valence-corrected chi connectivity index (χ0v) is 9.56. The van der Waals surface area contributed by atoms with Crippen molar-refractivity contribution in [2.24, 2.45) is 0 Å². The number of aromatic hydroxyl groups is 2. The highest BCUT2D eigenvalue weighted by atomic mass is 19.1. The Hall–Kier alpha value is -1.33. The summed E-state index contributed by atoms with van der Waals surface area (Å²) in [5.74, 6) is -0.372. The largest absolute Gasteiger partial charge is 0.504 e. The molecule has 2 rings (SSSR count). The van der Waals surface area contributed by atoms with Crippen molar-refractivity contribution in [1.82, 2.24) is 10.2 Å². The van der Waals surface area contributed by atoms with Crippen molar-refractivity contribution in [3.05, 3.63) is 23.8 Å². The SMILES string of the molecule is Oc1ccc([C@@H](CF)N2CCNCC2)cc1O. The Kier molecular flexibility index (Phi) is 3.81. The number of piperazine rings is 1. The van der Waals surface area contributed by atoms with E-state index in [9.17, 15) is 14.6 Å². The molecule has 17 heavy (non-hydrogen) atoms. The summed E-state index contributed by atoms with van der Waals surface area (Å²) in [5.41, 5.74) is 0.699. The molecule has 1 saturated heterocycles. The van der Waals surface area contributed by atoms with Crippen LogP contribution in [0.25, 0.3) is 0 Å². The molecular formula is C12H17FN2O2. The maximum Gasteiger partial charge on any atom is 0.157 e. The fourth-order valence-corrected chi connectivity index (χ4v) is 2.14. The Bertz CT molecular complexity index is 381. The number of phenolic OH excluding ortho intramolecular Hbond substituents is 2. The highest BCUT2D eigenvalue weighted by molar-refractivity contribution is 5.41. The van der Waals surface area contributed by atoms with E-state index in [2.05, 4.69) is 5.32 Å². The number of benzene rings is 1. The van der Waals surface area contributed by atoms with Crippen LogP contribution in [-0.2, 0) is 0 Å². The van der Waals surface area contributed by atoms with Gasteiger partial charge in [-0.25, -0.2) is 4.39 Å². The van der Waals surface area contributed by atoms with Crippen LogP contribution >= 0.6 is 0 Å². The first-order valence-corrected chi connectivity index (χ1v) is 5.75. The average molecular weight is 240 g/mol. The maximum absolute atomic E-state index is 13.2. The molecule has 0 spiro atoms.